The number of aryl methyl sites for hydroxylation is 1. The lowest BCUT2D eigenvalue weighted by atomic mass is 10.0. The van der Waals surface area contributed by atoms with E-state index in [1.165, 1.54) is 0 Å². The van der Waals surface area contributed by atoms with Gasteiger partial charge in [0.05, 0.1) is 5.56 Å². The Morgan fingerprint density at radius 1 is 1.17 bits per heavy atom. The first-order valence-electron chi connectivity index (χ1n) is 6.27. The van der Waals surface area contributed by atoms with Gasteiger partial charge >= 0.3 is 0 Å². The Morgan fingerprint density at radius 3 is 2.17 bits per heavy atom. The van der Waals surface area contributed by atoms with Crippen LogP contribution in [0.4, 0.5) is 0 Å². The van der Waals surface area contributed by atoms with Crippen molar-refractivity contribution in [1.82, 2.24) is 4.90 Å². The molecule has 0 aliphatic carbocycles. The number of hydrogen-bond acceptors (Lipinski definition) is 2. The summed E-state index contributed by atoms with van der Waals surface area (Å²) in [5.41, 5.74) is 1.93. The molecule has 0 aliphatic heterocycles. The molecule has 0 aliphatic rings. The van der Waals surface area contributed by atoms with E-state index in [4.69, 9.17) is 0 Å². The van der Waals surface area contributed by atoms with Crippen LogP contribution in [-0.4, -0.2) is 29.2 Å². The van der Waals surface area contributed by atoms with Crippen molar-refractivity contribution in [3.8, 4) is 0 Å². The summed E-state index contributed by atoms with van der Waals surface area (Å²) in [6.45, 7) is 9.82. The van der Waals surface area contributed by atoms with Crippen LogP contribution in [0, 0.1) is 6.92 Å². The third-order valence-corrected chi connectivity index (χ3v) is 2.91. The average Bonchev–Trinajstić information content (AvgIpc) is 2.27. The molecule has 0 fully saturated rings. The van der Waals surface area contributed by atoms with Gasteiger partial charge < -0.3 is 4.90 Å². The first-order valence-corrected chi connectivity index (χ1v) is 6.27. The number of hydrogen-bond donors (Lipinski definition) is 0. The van der Waals surface area contributed by atoms with E-state index in [0.29, 0.717) is 11.1 Å². The fraction of sp³-hybridized carbons (Fsp3) is 0.467. The van der Waals surface area contributed by atoms with E-state index in [2.05, 4.69) is 0 Å². The fourth-order valence-electron chi connectivity index (χ4n) is 2.18. The lowest BCUT2D eigenvalue weighted by Gasteiger charge is -2.31. The molecule has 0 atom stereocenters. The van der Waals surface area contributed by atoms with Crippen LogP contribution in [-0.2, 0) is 0 Å². The molecule has 3 heteroatoms. The first-order chi connectivity index (χ1) is 8.38. The van der Waals surface area contributed by atoms with Gasteiger partial charge in [-0.05, 0) is 46.8 Å². The van der Waals surface area contributed by atoms with Gasteiger partial charge in [0.2, 0.25) is 0 Å². The Labute approximate surface area is 109 Å². The Bertz CT molecular complexity index is 442. The molecule has 3 nitrogen and oxygen atoms in total. The fourth-order valence-corrected chi connectivity index (χ4v) is 2.18. The molecule has 0 saturated carbocycles. The molecule has 1 aromatic carbocycles. The van der Waals surface area contributed by atoms with E-state index in [1.54, 1.807) is 17.0 Å². The molecule has 1 amide bonds. The Kier molecular flexibility index (Phi) is 4.65. The second-order valence-corrected chi connectivity index (χ2v) is 5.11. The lowest BCUT2D eigenvalue weighted by Crippen LogP contribution is -2.42. The van der Waals surface area contributed by atoms with Crippen LogP contribution in [0.2, 0.25) is 0 Å². The molecule has 18 heavy (non-hydrogen) atoms. The number of carbonyl (C=O) groups excluding carboxylic acids is 2. The van der Waals surface area contributed by atoms with E-state index < -0.39 is 0 Å². The summed E-state index contributed by atoms with van der Waals surface area (Å²) in [4.78, 5) is 25.4. The summed E-state index contributed by atoms with van der Waals surface area (Å²) >= 11 is 0. The maximum Gasteiger partial charge on any atom is 0.255 e. The van der Waals surface area contributed by atoms with Gasteiger partial charge in [-0.2, -0.15) is 0 Å². The number of nitrogens with zero attached hydrogens (tertiary/aromatic N) is 1. The molecular formula is C15H21NO2. The first kappa shape index (κ1) is 14.4. The van der Waals surface area contributed by atoms with Gasteiger partial charge in [-0.1, -0.05) is 11.6 Å². The Hall–Kier alpha value is -1.64. The Morgan fingerprint density at radius 2 is 1.72 bits per heavy atom. The number of amides is 1. The zero-order chi connectivity index (χ0) is 13.9. The van der Waals surface area contributed by atoms with Gasteiger partial charge in [-0.15, -0.1) is 0 Å². The third-order valence-electron chi connectivity index (χ3n) is 2.91. The van der Waals surface area contributed by atoms with E-state index in [1.807, 2.05) is 40.7 Å². The van der Waals surface area contributed by atoms with Crippen molar-refractivity contribution in [3.63, 3.8) is 0 Å². The highest BCUT2D eigenvalue weighted by Crippen LogP contribution is 2.16. The van der Waals surface area contributed by atoms with Crippen molar-refractivity contribution in [3.05, 3.63) is 34.9 Å². The normalized spacial score (nSPS) is 10.8. The van der Waals surface area contributed by atoms with Crippen molar-refractivity contribution in [2.24, 2.45) is 0 Å². The van der Waals surface area contributed by atoms with Crippen molar-refractivity contribution < 1.29 is 9.59 Å². The van der Waals surface area contributed by atoms with E-state index in [-0.39, 0.29) is 18.0 Å². The van der Waals surface area contributed by atoms with Crippen molar-refractivity contribution in [1.29, 1.82) is 0 Å². The lowest BCUT2D eigenvalue weighted by molar-refractivity contribution is 0.0641. The summed E-state index contributed by atoms with van der Waals surface area (Å²) in [7, 11) is 0. The molecule has 1 aromatic rings. The van der Waals surface area contributed by atoms with Crippen LogP contribution >= 0.6 is 0 Å². The molecule has 0 heterocycles. The molecule has 0 bridgehead atoms. The maximum absolute atomic E-state index is 12.5. The molecule has 0 spiro atoms. The predicted molar refractivity (Wildman–Crippen MR) is 73.0 cm³/mol. The molecule has 98 valence electrons. The highest BCUT2D eigenvalue weighted by atomic mass is 16.2. The van der Waals surface area contributed by atoms with Crippen LogP contribution in [0.15, 0.2) is 18.2 Å². The average molecular weight is 247 g/mol. The van der Waals surface area contributed by atoms with Crippen LogP contribution in [0.25, 0.3) is 0 Å². The van der Waals surface area contributed by atoms with Gasteiger partial charge in [0.15, 0.2) is 6.29 Å². The SMILES string of the molecule is Cc1ccc(C(=O)N(C(C)C)C(C)C)c(C=O)c1. The van der Waals surface area contributed by atoms with E-state index >= 15 is 0 Å². The van der Waals surface area contributed by atoms with Crippen LogP contribution in [0.5, 0.6) is 0 Å². The highest BCUT2D eigenvalue weighted by Gasteiger charge is 2.23. The monoisotopic (exact) mass is 247 g/mol. The van der Waals surface area contributed by atoms with Crippen LogP contribution in [0.3, 0.4) is 0 Å². The number of aldehydes is 1. The van der Waals surface area contributed by atoms with Crippen molar-refractivity contribution in [2.45, 2.75) is 46.7 Å². The molecule has 0 N–H and O–H groups in total. The van der Waals surface area contributed by atoms with Gasteiger partial charge in [-0.25, -0.2) is 0 Å². The Balaban J connectivity index is 3.20. The second kappa shape index (κ2) is 5.80. The zero-order valence-electron chi connectivity index (χ0n) is 11.7. The smallest absolute Gasteiger partial charge is 0.255 e. The van der Waals surface area contributed by atoms with Gasteiger partial charge in [0.25, 0.3) is 5.91 Å². The van der Waals surface area contributed by atoms with Crippen LogP contribution in [0.1, 0.15) is 54.0 Å². The third kappa shape index (κ3) is 2.97. The summed E-state index contributed by atoms with van der Waals surface area (Å²) in [6, 6.07) is 5.56. The summed E-state index contributed by atoms with van der Waals surface area (Å²) < 4.78 is 0. The molecular weight excluding hydrogens is 226 g/mol. The molecule has 0 radical (unpaired) electrons. The zero-order valence-corrected chi connectivity index (χ0v) is 11.7. The number of benzene rings is 1. The van der Waals surface area contributed by atoms with E-state index in [9.17, 15) is 9.59 Å². The predicted octanol–water partition coefficient (Wildman–Crippen LogP) is 3.07. The van der Waals surface area contributed by atoms with E-state index in [0.717, 1.165) is 11.8 Å². The standard InChI is InChI=1S/C15H21NO2/c1-10(2)16(11(3)4)15(18)14-7-6-12(5)8-13(14)9-17/h6-11H,1-5H3. The van der Waals surface area contributed by atoms with Gasteiger partial charge in [-0.3, -0.25) is 9.59 Å². The number of carbonyl (C=O) groups is 2. The molecule has 0 unspecified atom stereocenters. The number of rotatable bonds is 4. The van der Waals surface area contributed by atoms with Gasteiger partial charge in [0.1, 0.15) is 0 Å². The minimum absolute atomic E-state index is 0.0814. The van der Waals surface area contributed by atoms with Gasteiger partial charge in [0, 0.05) is 17.6 Å². The van der Waals surface area contributed by atoms with Crippen LogP contribution < -0.4 is 0 Å². The minimum Gasteiger partial charge on any atom is -0.334 e. The quantitative estimate of drug-likeness (QED) is 0.767. The maximum atomic E-state index is 12.5. The van der Waals surface area contributed by atoms with Crippen molar-refractivity contribution >= 4 is 12.2 Å². The summed E-state index contributed by atoms with van der Waals surface area (Å²) in [6.07, 6.45) is 0.749. The topological polar surface area (TPSA) is 37.4 Å². The molecule has 0 aromatic heterocycles. The highest BCUT2D eigenvalue weighted by molar-refractivity contribution is 6.01. The van der Waals surface area contributed by atoms with Crippen molar-refractivity contribution in [2.75, 3.05) is 0 Å². The summed E-state index contributed by atoms with van der Waals surface area (Å²) in [5, 5.41) is 0. The molecule has 0 saturated heterocycles. The minimum atomic E-state index is -0.0814. The summed E-state index contributed by atoms with van der Waals surface area (Å²) in [5.74, 6) is -0.0814. The molecule has 1 rings (SSSR count). The largest absolute Gasteiger partial charge is 0.334 e. The second-order valence-electron chi connectivity index (χ2n) is 5.11.